The fraction of sp³-hybridized carbons (Fsp3) is 0.296. The highest BCUT2D eigenvalue weighted by atomic mass is 19.1. The average molecular weight is 427 g/mol. The van der Waals surface area contributed by atoms with E-state index in [0.29, 0.717) is 11.6 Å². The molecule has 5 heteroatoms. The van der Waals surface area contributed by atoms with Crippen molar-refractivity contribution >= 4 is 33.0 Å². The monoisotopic (exact) mass is 426 g/mol. The molecule has 160 valence electrons. The molecule has 2 aromatic carbocycles. The van der Waals surface area contributed by atoms with Crippen molar-refractivity contribution in [2.75, 3.05) is 0 Å². The largest absolute Gasteiger partial charge is 0.437 e. The normalized spacial score (nSPS) is 14.9. The van der Waals surface area contributed by atoms with Crippen molar-refractivity contribution in [2.45, 2.75) is 45.4 Å². The minimum Gasteiger partial charge on any atom is -0.437 e. The molecule has 6 rings (SSSR count). The molecule has 1 aliphatic rings. The quantitative estimate of drug-likeness (QED) is 0.241. The Balaban J connectivity index is 1.67. The van der Waals surface area contributed by atoms with Crippen molar-refractivity contribution in [1.82, 2.24) is 9.97 Å². The second kappa shape index (κ2) is 7.09. The number of hydrogen-bond acceptors (Lipinski definition) is 3. The molecule has 1 aliphatic carbocycles. The number of fused-ring (bicyclic) bond motifs is 4. The Kier molecular flexibility index (Phi) is 4.29. The summed E-state index contributed by atoms with van der Waals surface area (Å²) in [5, 5.41) is 2.87. The molecule has 4 nitrogen and oxygen atoms in total. The minimum atomic E-state index is -0.536. The van der Waals surface area contributed by atoms with Crippen LogP contribution in [0.15, 0.2) is 47.1 Å². The van der Waals surface area contributed by atoms with Crippen molar-refractivity contribution in [1.29, 1.82) is 0 Å². The molecule has 0 unspecified atom stereocenters. The minimum absolute atomic E-state index is 0.329. The molecule has 0 atom stereocenters. The van der Waals surface area contributed by atoms with Gasteiger partial charge in [0, 0.05) is 10.8 Å². The first-order chi connectivity index (χ1) is 15.5. The number of rotatable bonds is 2. The number of hydrogen-bond donors (Lipinski definition) is 0. The van der Waals surface area contributed by atoms with Crippen LogP contribution < -0.4 is 4.57 Å². The van der Waals surface area contributed by atoms with Crippen molar-refractivity contribution in [2.24, 2.45) is 7.05 Å². The van der Waals surface area contributed by atoms with Crippen molar-refractivity contribution in [3.63, 3.8) is 0 Å². The van der Waals surface area contributed by atoms with Crippen molar-refractivity contribution in [3.05, 3.63) is 65.4 Å². The third kappa shape index (κ3) is 2.84. The molecule has 1 fully saturated rings. The molecule has 5 aromatic rings. The average Bonchev–Trinajstić information content (AvgIpc) is 3.43. The van der Waals surface area contributed by atoms with E-state index in [9.17, 15) is 4.39 Å². The van der Waals surface area contributed by atoms with Gasteiger partial charge < -0.3 is 4.42 Å². The zero-order valence-electron chi connectivity index (χ0n) is 18.6. The van der Waals surface area contributed by atoms with Crippen LogP contribution in [-0.2, 0) is 7.05 Å². The molecule has 3 aromatic heterocycles. The molecule has 0 bridgehead atoms. The van der Waals surface area contributed by atoms with E-state index in [0.717, 1.165) is 49.6 Å². The Morgan fingerprint density at radius 1 is 1.00 bits per heavy atom. The van der Waals surface area contributed by atoms with Gasteiger partial charge in [-0.15, -0.1) is 0 Å². The van der Waals surface area contributed by atoms with E-state index in [2.05, 4.69) is 47.7 Å². The van der Waals surface area contributed by atoms with Gasteiger partial charge >= 0.3 is 0 Å². The lowest BCUT2D eigenvalue weighted by Crippen LogP contribution is -2.32. The van der Waals surface area contributed by atoms with Gasteiger partial charge in [-0.1, -0.05) is 18.9 Å². The van der Waals surface area contributed by atoms with Crippen LogP contribution in [0.2, 0.25) is 0 Å². The van der Waals surface area contributed by atoms with E-state index in [4.69, 9.17) is 9.40 Å². The molecule has 0 spiro atoms. The van der Waals surface area contributed by atoms with E-state index in [1.54, 1.807) is 6.07 Å². The number of aryl methyl sites for hydroxylation is 2. The van der Waals surface area contributed by atoms with Gasteiger partial charge in [0.2, 0.25) is 11.7 Å². The molecule has 1 saturated carbocycles. The number of aromatic nitrogens is 3. The predicted octanol–water partition coefficient (Wildman–Crippen LogP) is 6.43. The lowest BCUT2D eigenvalue weighted by molar-refractivity contribution is -0.662. The number of pyridine rings is 1. The number of benzene rings is 2. The highest BCUT2D eigenvalue weighted by Gasteiger charge is 2.25. The summed E-state index contributed by atoms with van der Waals surface area (Å²) in [5.41, 5.74) is 7.82. The van der Waals surface area contributed by atoms with Crippen LogP contribution in [0.25, 0.3) is 44.2 Å². The second-order valence-corrected chi connectivity index (χ2v) is 9.12. The van der Waals surface area contributed by atoms with E-state index in [-0.39, 0.29) is 0 Å². The first-order valence-electron chi connectivity index (χ1n) is 11.3. The Morgan fingerprint density at radius 3 is 2.59 bits per heavy atom. The summed E-state index contributed by atoms with van der Waals surface area (Å²) in [6, 6.07) is 12.0. The molecular weight excluding hydrogens is 401 g/mol. The summed E-state index contributed by atoms with van der Waals surface area (Å²) in [4.78, 5) is 8.75. The second-order valence-electron chi connectivity index (χ2n) is 9.12. The van der Waals surface area contributed by atoms with Crippen LogP contribution in [0.3, 0.4) is 0 Å². The number of halogens is 1. The van der Waals surface area contributed by atoms with Gasteiger partial charge in [0.25, 0.3) is 6.33 Å². The molecule has 0 N–H and O–H groups in total. The first-order valence-corrected chi connectivity index (χ1v) is 11.3. The van der Waals surface area contributed by atoms with E-state index < -0.39 is 5.95 Å². The summed E-state index contributed by atoms with van der Waals surface area (Å²) >= 11 is 0. The molecule has 0 saturated heterocycles. The van der Waals surface area contributed by atoms with Gasteiger partial charge in [0.05, 0.1) is 18.0 Å². The molecule has 0 aliphatic heterocycles. The summed E-state index contributed by atoms with van der Waals surface area (Å²) in [6.45, 7) is 4.22. The fourth-order valence-corrected chi connectivity index (χ4v) is 5.36. The van der Waals surface area contributed by atoms with Crippen LogP contribution in [0.5, 0.6) is 0 Å². The third-order valence-electron chi connectivity index (χ3n) is 7.18. The topological polar surface area (TPSA) is 42.8 Å². The van der Waals surface area contributed by atoms with Gasteiger partial charge in [-0.3, -0.25) is 0 Å². The Hall–Kier alpha value is -3.34. The van der Waals surface area contributed by atoms with Crippen molar-refractivity contribution < 1.29 is 13.4 Å². The van der Waals surface area contributed by atoms with Crippen LogP contribution >= 0.6 is 0 Å². The molecule has 3 heterocycles. The SMILES string of the molecule is Cc1cc2c(oc3nc(F)ccc32)c(-c2c3ccc(C4CCCC4)cc3nc[n+]2C)c1C. The summed E-state index contributed by atoms with van der Waals surface area (Å²) in [5.74, 6) is 0.105. The van der Waals surface area contributed by atoms with Gasteiger partial charge in [0.1, 0.15) is 11.3 Å². The zero-order chi connectivity index (χ0) is 22.0. The summed E-state index contributed by atoms with van der Waals surface area (Å²) < 4.78 is 22.0. The fourth-order valence-electron chi connectivity index (χ4n) is 5.36. The van der Waals surface area contributed by atoms with E-state index in [1.807, 2.05) is 13.4 Å². The lowest BCUT2D eigenvalue weighted by Gasteiger charge is -2.13. The Morgan fingerprint density at radius 2 is 1.78 bits per heavy atom. The molecular formula is C27H25FN3O+. The van der Waals surface area contributed by atoms with Crippen LogP contribution in [0.4, 0.5) is 4.39 Å². The molecule has 0 amide bonds. The first kappa shape index (κ1) is 19.4. The van der Waals surface area contributed by atoms with Gasteiger partial charge in [-0.2, -0.15) is 9.37 Å². The maximum absolute atomic E-state index is 13.8. The number of nitrogens with zero attached hydrogens (tertiary/aromatic N) is 3. The summed E-state index contributed by atoms with van der Waals surface area (Å²) in [6.07, 6.45) is 7.03. The Bertz CT molecular complexity index is 1530. The highest BCUT2D eigenvalue weighted by molar-refractivity contribution is 6.11. The summed E-state index contributed by atoms with van der Waals surface area (Å²) in [7, 11) is 2.01. The smallest absolute Gasteiger partial charge is 0.287 e. The van der Waals surface area contributed by atoms with Gasteiger partial charge in [0.15, 0.2) is 5.52 Å². The van der Waals surface area contributed by atoms with Crippen molar-refractivity contribution in [3.8, 4) is 11.3 Å². The zero-order valence-corrected chi connectivity index (χ0v) is 18.6. The third-order valence-corrected chi connectivity index (χ3v) is 7.18. The van der Waals surface area contributed by atoms with E-state index in [1.165, 1.54) is 37.3 Å². The number of furan rings is 1. The maximum Gasteiger partial charge on any atom is 0.287 e. The van der Waals surface area contributed by atoms with E-state index >= 15 is 0 Å². The van der Waals surface area contributed by atoms with Gasteiger partial charge in [-0.05, 0) is 84.6 Å². The highest BCUT2D eigenvalue weighted by Crippen LogP contribution is 2.41. The molecule has 32 heavy (non-hydrogen) atoms. The predicted molar refractivity (Wildman–Crippen MR) is 124 cm³/mol. The van der Waals surface area contributed by atoms with Crippen LogP contribution in [0, 0.1) is 19.8 Å². The Labute approximate surface area is 185 Å². The molecule has 0 radical (unpaired) electrons. The lowest BCUT2D eigenvalue weighted by atomic mass is 9.92. The van der Waals surface area contributed by atoms with Crippen LogP contribution in [0.1, 0.15) is 48.3 Å². The standard InChI is InChI=1S/C27H25FN3O/c1-15-12-21-19-10-11-23(28)30-27(19)32-26(21)24(16(15)2)25-20-9-8-18(17-6-4-5-7-17)13-22(20)29-14-31(25)3/h8-14,17H,4-7H2,1-3H3/q+1. The maximum atomic E-state index is 13.8. The van der Waals surface area contributed by atoms with Gasteiger partial charge in [-0.25, -0.2) is 4.57 Å². The van der Waals surface area contributed by atoms with Crippen LogP contribution in [-0.4, -0.2) is 9.97 Å².